The van der Waals surface area contributed by atoms with Crippen molar-refractivity contribution in [2.75, 3.05) is 7.11 Å². The second-order valence-electron chi connectivity index (χ2n) is 6.78. The van der Waals surface area contributed by atoms with Gasteiger partial charge in [0.15, 0.2) is 0 Å². The van der Waals surface area contributed by atoms with E-state index in [0.717, 1.165) is 23.6 Å². The van der Waals surface area contributed by atoms with Crippen LogP contribution in [0.2, 0.25) is 0 Å². The third kappa shape index (κ3) is 4.95. The fourth-order valence-electron chi connectivity index (χ4n) is 3.44. The molecule has 0 aliphatic heterocycles. The number of hydrogen-bond donors (Lipinski definition) is 0. The van der Waals surface area contributed by atoms with Crippen molar-refractivity contribution in [1.82, 2.24) is 4.98 Å². The van der Waals surface area contributed by atoms with E-state index in [4.69, 9.17) is 4.74 Å². The van der Waals surface area contributed by atoms with E-state index in [-0.39, 0.29) is 0 Å². The monoisotopic (exact) mass is 313 g/mol. The number of methoxy groups -OCH3 is 1. The maximum atomic E-state index is 5.46. The lowest BCUT2D eigenvalue weighted by Gasteiger charge is -2.16. The van der Waals surface area contributed by atoms with Gasteiger partial charge >= 0.3 is 0 Å². The summed E-state index contributed by atoms with van der Waals surface area (Å²) in [5.74, 6) is 2.52. The van der Waals surface area contributed by atoms with Gasteiger partial charge in [-0.1, -0.05) is 58.9 Å². The molecule has 1 unspecified atom stereocenters. The molecule has 1 atom stereocenters. The van der Waals surface area contributed by atoms with Crippen LogP contribution in [0.15, 0.2) is 30.5 Å². The normalized spacial score (nSPS) is 12.7. The summed E-state index contributed by atoms with van der Waals surface area (Å²) in [6.45, 7) is 6.98. The molecule has 0 N–H and O–H groups in total. The van der Waals surface area contributed by atoms with E-state index < -0.39 is 0 Å². The third-order valence-electron chi connectivity index (χ3n) is 5.03. The van der Waals surface area contributed by atoms with Crippen LogP contribution in [-0.2, 0) is 6.42 Å². The van der Waals surface area contributed by atoms with Gasteiger partial charge in [-0.05, 0) is 42.0 Å². The maximum Gasteiger partial charge on any atom is 0.119 e. The molecule has 1 aromatic carbocycles. The minimum atomic E-state index is 0.682. The zero-order chi connectivity index (χ0) is 16.7. The number of fused-ring (bicyclic) bond motifs is 1. The summed E-state index contributed by atoms with van der Waals surface area (Å²) in [5, 5.41) is 1.17. The van der Waals surface area contributed by atoms with Crippen LogP contribution in [0.5, 0.6) is 5.75 Å². The zero-order valence-electron chi connectivity index (χ0n) is 15.1. The summed E-state index contributed by atoms with van der Waals surface area (Å²) >= 11 is 0. The number of ether oxygens (including phenoxy) is 1. The van der Waals surface area contributed by atoms with Crippen molar-refractivity contribution >= 4 is 10.9 Å². The van der Waals surface area contributed by atoms with Crippen LogP contribution in [0.1, 0.15) is 58.4 Å². The van der Waals surface area contributed by atoms with E-state index in [1.807, 2.05) is 12.3 Å². The van der Waals surface area contributed by atoms with E-state index in [9.17, 15) is 0 Å². The Labute approximate surface area is 141 Å². The van der Waals surface area contributed by atoms with Gasteiger partial charge in [0.25, 0.3) is 0 Å². The van der Waals surface area contributed by atoms with E-state index in [1.54, 1.807) is 7.11 Å². The van der Waals surface area contributed by atoms with E-state index in [2.05, 4.69) is 44.0 Å². The molecule has 2 rings (SSSR count). The fourth-order valence-corrected chi connectivity index (χ4v) is 3.44. The van der Waals surface area contributed by atoms with Gasteiger partial charge in [-0.25, -0.2) is 0 Å². The second kappa shape index (κ2) is 8.90. The molecule has 2 aromatic rings. The standard InChI is InChI=1S/C21H31NO/c1-5-17(6-2)10-7-9-16(3)13-19-15-20(23-4)14-18-11-8-12-22-21(18)19/h8,11-12,14-17H,5-7,9-10,13H2,1-4H3. The zero-order valence-corrected chi connectivity index (χ0v) is 15.1. The molecule has 0 aliphatic carbocycles. The Morgan fingerprint density at radius 2 is 1.91 bits per heavy atom. The first-order valence-electron chi connectivity index (χ1n) is 9.09. The molecule has 0 amide bonds. The number of hydrogen-bond acceptors (Lipinski definition) is 2. The van der Waals surface area contributed by atoms with Crippen molar-refractivity contribution in [3.63, 3.8) is 0 Å². The minimum absolute atomic E-state index is 0.682. The van der Waals surface area contributed by atoms with E-state index in [1.165, 1.54) is 43.1 Å². The van der Waals surface area contributed by atoms with Crippen LogP contribution in [0.4, 0.5) is 0 Å². The Hall–Kier alpha value is -1.57. The van der Waals surface area contributed by atoms with Gasteiger partial charge in [-0.2, -0.15) is 0 Å². The first-order valence-corrected chi connectivity index (χ1v) is 9.09. The molecule has 0 saturated heterocycles. The van der Waals surface area contributed by atoms with Crippen LogP contribution in [0.3, 0.4) is 0 Å². The van der Waals surface area contributed by atoms with Gasteiger partial charge in [0.05, 0.1) is 12.6 Å². The highest BCUT2D eigenvalue weighted by atomic mass is 16.5. The summed E-state index contributed by atoms with van der Waals surface area (Å²) in [5.41, 5.74) is 2.44. The highest BCUT2D eigenvalue weighted by Crippen LogP contribution is 2.27. The van der Waals surface area contributed by atoms with E-state index >= 15 is 0 Å². The minimum Gasteiger partial charge on any atom is -0.497 e. The SMILES string of the molecule is CCC(CC)CCCC(C)Cc1cc(OC)cc2cccnc12. The first-order chi connectivity index (χ1) is 11.2. The molecule has 0 radical (unpaired) electrons. The van der Waals surface area contributed by atoms with Gasteiger partial charge in [0.2, 0.25) is 0 Å². The fraction of sp³-hybridized carbons (Fsp3) is 0.571. The number of aromatic nitrogens is 1. The van der Waals surface area contributed by atoms with Crippen LogP contribution in [-0.4, -0.2) is 12.1 Å². The second-order valence-corrected chi connectivity index (χ2v) is 6.78. The first kappa shape index (κ1) is 17.8. The van der Waals surface area contributed by atoms with Gasteiger partial charge in [-0.3, -0.25) is 4.98 Å². The highest BCUT2D eigenvalue weighted by molar-refractivity contribution is 5.83. The lowest BCUT2D eigenvalue weighted by Crippen LogP contribution is -2.04. The molecule has 0 fully saturated rings. The molecule has 2 nitrogen and oxygen atoms in total. The smallest absolute Gasteiger partial charge is 0.119 e. The van der Waals surface area contributed by atoms with Crippen molar-refractivity contribution in [3.8, 4) is 5.75 Å². The largest absolute Gasteiger partial charge is 0.497 e. The van der Waals surface area contributed by atoms with Gasteiger partial charge < -0.3 is 4.74 Å². The predicted octanol–water partition coefficient (Wildman–Crippen LogP) is 6.03. The molecular formula is C21H31NO. The lowest BCUT2D eigenvalue weighted by molar-refractivity contribution is 0.401. The summed E-state index contributed by atoms with van der Waals surface area (Å²) < 4.78 is 5.46. The highest BCUT2D eigenvalue weighted by Gasteiger charge is 2.11. The van der Waals surface area contributed by atoms with Gasteiger partial charge in [0, 0.05) is 11.6 Å². The van der Waals surface area contributed by atoms with Crippen molar-refractivity contribution < 1.29 is 4.74 Å². The quantitative estimate of drug-likeness (QED) is 0.564. The predicted molar refractivity (Wildman–Crippen MR) is 99.1 cm³/mol. The number of benzene rings is 1. The Morgan fingerprint density at radius 3 is 2.61 bits per heavy atom. The topological polar surface area (TPSA) is 22.1 Å². The average molecular weight is 313 g/mol. The Morgan fingerprint density at radius 1 is 1.13 bits per heavy atom. The summed E-state index contributed by atoms with van der Waals surface area (Å²) in [6, 6.07) is 8.34. The lowest BCUT2D eigenvalue weighted by atomic mass is 9.90. The number of rotatable bonds is 9. The van der Waals surface area contributed by atoms with E-state index in [0.29, 0.717) is 5.92 Å². The summed E-state index contributed by atoms with van der Waals surface area (Å²) in [4.78, 5) is 4.59. The summed E-state index contributed by atoms with van der Waals surface area (Å²) in [6.07, 6.45) is 9.59. The van der Waals surface area contributed by atoms with Crippen LogP contribution < -0.4 is 4.74 Å². The molecule has 1 heterocycles. The summed E-state index contributed by atoms with van der Waals surface area (Å²) in [7, 11) is 1.74. The Bertz CT molecular complexity index is 604. The van der Waals surface area contributed by atoms with Crippen molar-refractivity contribution in [3.05, 3.63) is 36.0 Å². The van der Waals surface area contributed by atoms with Crippen molar-refractivity contribution in [2.24, 2.45) is 11.8 Å². The third-order valence-corrected chi connectivity index (χ3v) is 5.03. The molecule has 2 heteroatoms. The molecule has 0 bridgehead atoms. The average Bonchev–Trinajstić information content (AvgIpc) is 2.58. The van der Waals surface area contributed by atoms with Gasteiger partial charge in [0.1, 0.15) is 5.75 Å². The Kier molecular flexibility index (Phi) is 6.88. The molecule has 0 saturated carbocycles. The maximum absolute atomic E-state index is 5.46. The number of nitrogens with zero attached hydrogens (tertiary/aromatic N) is 1. The molecule has 126 valence electrons. The van der Waals surface area contributed by atoms with Crippen LogP contribution in [0, 0.1) is 11.8 Å². The van der Waals surface area contributed by atoms with Crippen LogP contribution >= 0.6 is 0 Å². The van der Waals surface area contributed by atoms with Gasteiger partial charge in [-0.15, -0.1) is 0 Å². The van der Waals surface area contributed by atoms with Crippen molar-refractivity contribution in [2.45, 2.75) is 59.3 Å². The number of pyridine rings is 1. The Balaban J connectivity index is 2.02. The van der Waals surface area contributed by atoms with Crippen LogP contribution in [0.25, 0.3) is 10.9 Å². The van der Waals surface area contributed by atoms with Crippen molar-refractivity contribution in [1.29, 1.82) is 0 Å². The molecular weight excluding hydrogens is 282 g/mol. The molecule has 0 aliphatic rings. The molecule has 0 spiro atoms. The molecule has 1 aromatic heterocycles. The molecule has 23 heavy (non-hydrogen) atoms.